The van der Waals surface area contributed by atoms with Gasteiger partial charge in [0.2, 0.25) is 0 Å². The molecule has 2 heteroatoms. The molecule has 1 aromatic carbocycles. The molecule has 0 aliphatic heterocycles. The summed E-state index contributed by atoms with van der Waals surface area (Å²) in [5.41, 5.74) is 2.81. The standard InChI is InChI=1S/C15H20O2/c1-4-5-9-17-15(16)13(3)11-14-8-6-7-12(2)10-14/h6-8,10H,3-5,9,11H2,1-2H3. The Bertz CT molecular complexity index is 394. The van der Waals surface area contributed by atoms with E-state index in [1.165, 1.54) is 5.56 Å². The smallest absolute Gasteiger partial charge is 0.333 e. The molecule has 0 N–H and O–H groups in total. The van der Waals surface area contributed by atoms with E-state index in [4.69, 9.17) is 4.74 Å². The number of hydrogen-bond donors (Lipinski definition) is 0. The van der Waals surface area contributed by atoms with Gasteiger partial charge in [0, 0.05) is 12.0 Å². The van der Waals surface area contributed by atoms with Crippen LogP contribution in [0.1, 0.15) is 30.9 Å². The van der Waals surface area contributed by atoms with Crippen molar-refractivity contribution >= 4 is 5.97 Å². The van der Waals surface area contributed by atoms with Crippen LogP contribution in [0.4, 0.5) is 0 Å². The van der Waals surface area contributed by atoms with Crippen molar-refractivity contribution in [3.8, 4) is 0 Å². The molecule has 0 bridgehead atoms. The molecule has 0 saturated heterocycles. The number of rotatable bonds is 6. The Labute approximate surface area is 103 Å². The average molecular weight is 232 g/mol. The first kappa shape index (κ1) is 13.5. The third-order valence-corrected chi connectivity index (χ3v) is 2.52. The van der Waals surface area contributed by atoms with E-state index in [0.29, 0.717) is 18.6 Å². The molecule has 0 heterocycles. The van der Waals surface area contributed by atoms with E-state index in [1.807, 2.05) is 25.1 Å². The lowest BCUT2D eigenvalue weighted by Gasteiger charge is -2.07. The van der Waals surface area contributed by atoms with Gasteiger partial charge in [0.15, 0.2) is 0 Å². The number of hydrogen-bond acceptors (Lipinski definition) is 2. The van der Waals surface area contributed by atoms with Crippen molar-refractivity contribution in [2.75, 3.05) is 6.61 Å². The van der Waals surface area contributed by atoms with E-state index in [-0.39, 0.29) is 5.97 Å². The van der Waals surface area contributed by atoms with Crippen molar-refractivity contribution in [3.05, 3.63) is 47.5 Å². The van der Waals surface area contributed by atoms with Gasteiger partial charge < -0.3 is 4.74 Å². The maximum Gasteiger partial charge on any atom is 0.333 e. The summed E-state index contributed by atoms with van der Waals surface area (Å²) in [6.45, 7) is 8.37. The average Bonchev–Trinajstić information content (AvgIpc) is 2.29. The predicted molar refractivity (Wildman–Crippen MR) is 69.9 cm³/mol. The molecule has 0 aromatic heterocycles. The Morgan fingerprint density at radius 1 is 1.41 bits per heavy atom. The quantitative estimate of drug-likeness (QED) is 0.426. The zero-order valence-corrected chi connectivity index (χ0v) is 10.7. The molecular formula is C15H20O2. The molecule has 0 amide bonds. The number of unbranched alkanes of at least 4 members (excludes halogenated alkanes) is 1. The van der Waals surface area contributed by atoms with Crippen LogP contribution in [0, 0.1) is 6.92 Å². The first-order valence-electron chi connectivity index (χ1n) is 6.04. The first-order valence-corrected chi connectivity index (χ1v) is 6.04. The van der Waals surface area contributed by atoms with Crippen LogP contribution < -0.4 is 0 Å². The van der Waals surface area contributed by atoms with Gasteiger partial charge in [0.05, 0.1) is 6.61 Å². The number of aryl methyl sites for hydroxylation is 1. The summed E-state index contributed by atoms with van der Waals surface area (Å²) < 4.78 is 5.11. The van der Waals surface area contributed by atoms with Gasteiger partial charge in [-0.15, -0.1) is 0 Å². The topological polar surface area (TPSA) is 26.3 Å². The van der Waals surface area contributed by atoms with Gasteiger partial charge in [-0.05, 0) is 18.9 Å². The molecule has 0 aliphatic rings. The molecule has 0 unspecified atom stereocenters. The van der Waals surface area contributed by atoms with Gasteiger partial charge in [-0.1, -0.05) is 49.8 Å². The monoisotopic (exact) mass is 232 g/mol. The van der Waals surface area contributed by atoms with E-state index in [1.54, 1.807) is 0 Å². The minimum absolute atomic E-state index is 0.278. The second kappa shape index (κ2) is 6.89. The lowest BCUT2D eigenvalue weighted by atomic mass is 10.0. The lowest BCUT2D eigenvalue weighted by molar-refractivity contribution is -0.139. The fraction of sp³-hybridized carbons (Fsp3) is 0.400. The van der Waals surface area contributed by atoms with E-state index in [9.17, 15) is 4.79 Å². The zero-order chi connectivity index (χ0) is 12.7. The summed E-state index contributed by atoms with van der Waals surface area (Å²) in [6.07, 6.45) is 2.49. The maximum absolute atomic E-state index is 11.6. The molecule has 0 radical (unpaired) electrons. The highest BCUT2D eigenvalue weighted by Crippen LogP contribution is 2.10. The fourth-order valence-corrected chi connectivity index (χ4v) is 1.55. The van der Waals surface area contributed by atoms with Gasteiger partial charge >= 0.3 is 5.97 Å². The van der Waals surface area contributed by atoms with Crippen molar-refractivity contribution in [1.82, 2.24) is 0 Å². The zero-order valence-electron chi connectivity index (χ0n) is 10.7. The fourth-order valence-electron chi connectivity index (χ4n) is 1.55. The summed E-state index contributed by atoms with van der Waals surface area (Å²) in [7, 11) is 0. The van der Waals surface area contributed by atoms with Gasteiger partial charge in [-0.3, -0.25) is 0 Å². The molecule has 92 valence electrons. The number of carbonyl (C=O) groups excluding carboxylic acids is 1. The van der Waals surface area contributed by atoms with Crippen molar-refractivity contribution in [3.63, 3.8) is 0 Å². The maximum atomic E-state index is 11.6. The molecule has 0 saturated carbocycles. The van der Waals surface area contributed by atoms with E-state index < -0.39 is 0 Å². The van der Waals surface area contributed by atoms with Crippen LogP contribution in [-0.2, 0) is 16.0 Å². The van der Waals surface area contributed by atoms with E-state index >= 15 is 0 Å². The highest BCUT2D eigenvalue weighted by molar-refractivity contribution is 5.88. The van der Waals surface area contributed by atoms with Gasteiger partial charge in [-0.25, -0.2) is 4.79 Å². The highest BCUT2D eigenvalue weighted by Gasteiger charge is 2.08. The number of carbonyl (C=O) groups is 1. The normalized spacial score (nSPS) is 10.0. The Kier molecular flexibility index (Phi) is 5.47. The van der Waals surface area contributed by atoms with Crippen LogP contribution in [0.3, 0.4) is 0 Å². The summed E-state index contributed by atoms with van der Waals surface area (Å²) in [5.74, 6) is -0.278. The lowest BCUT2D eigenvalue weighted by Crippen LogP contribution is -2.10. The van der Waals surface area contributed by atoms with Crippen LogP contribution in [0.5, 0.6) is 0 Å². The molecule has 0 spiro atoms. The number of esters is 1. The summed E-state index contributed by atoms with van der Waals surface area (Å²) in [4.78, 5) is 11.6. The minimum atomic E-state index is -0.278. The van der Waals surface area contributed by atoms with Crippen LogP contribution in [0.2, 0.25) is 0 Å². The van der Waals surface area contributed by atoms with Gasteiger partial charge in [-0.2, -0.15) is 0 Å². The van der Waals surface area contributed by atoms with Crippen LogP contribution >= 0.6 is 0 Å². The second-order valence-electron chi connectivity index (χ2n) is 4.26. The Morgan fingerprint density at radius 3 is 2.82 bits per heavy atom. The summed E-state index contributed by atoms with van der Waals surface area (Å²) in [6, 6.07) is 8.08. The van der Waals surface area contributed by atoms with Crippen LogP contribution in [0.25, 0.3) is 0 Å². The number of benzene rings is 1. The third-order valence-electron chi connectivity index (χ3n) is 2.52. The van der Waals surface area contributed by atoms with Crippen molar-refractivity contribution in [2.45, 2.75) is 33.1 Å². The minimum Gasteiger partial charge on any atom is -0.462 e. The Morgan fingerprint density at radius 2 is 2.18 bits per heavy atom. The Balaban J connectivity index is 2.46. The molecule has 0 fully saturated rings. The molecule has 1 aromatic rings. The molecule has 1 rings (SSSR count). The third kappa shape index (κ3) is 4.85. The van der Waals surface area contributed by atoms with Crippen molar-refractivity contribution in [2.24, 2.45) is 0 Å². The van der Waals surface area contributed by atoms with Crippen LogP contribution in [-0.4, -0.2) is 12.6 Å². The Hall–Kier alpha value is -1.57. The van der Waals surface area contributed by atoms with Crippen molar-refractivity contribution < 1.29 is 9.53 Å². The summed E-state index contributed by atoms with van der Waals surface area (Å²) in [5, 5.41) is 0. The SMILES string of the molecule is C=C(Cc1cccc(C)c1)C(=O)OCCCC. The molecule has 17 heavy (non-hydrogen) atoms. The molecular weight excluding hydrogens is 212 g/mol. The largest absolute Gasteiger partial charge is 0.462 e. The van der Waals surface area contributed by atoms with Gasteiger partial charge in [0.1, 0.15) is 0 Å². The first-order chi connectivity index (χ1) is 8.13. The highest BCUT2D eigenvalue weighted by atomic mass is 16.5. The molecule has 0 atom stereocenters. The number of ether oxygens (including phenoxy) is 1. The van der Waals surface area contributed by atoms with Crippen molar-refractivity contribution in [1.29, 1.82) is 0 Å². The molecule has 2 nitrogen and oxygen atoms in total. The summed E-state index contributed by atoms with van der Waals surface area (Å²) >= 11 is 0. The van der Waals surface area contributed by atoms with E-state index in [0.717, 1.165) is 18.4 Å². The predicted octanol–water partition coefficient (Wildman–Crippen LogP) is 3.44. The van der Waals surface area contributed by atoms with Gasteiger partial charge in [0.25, 0.3) is 0 Å². The molecule has 0 aliphatic carbocycles. The van der Waals surface area contributed by atoms with E-state index in [2.05, 4.69) is 19.6 Å². The second-order valence-corrected chi connectivity index (χ2v) is 4.26. The van der Waals surface area contributed by atoms with Crippen LogP contribution in [0.15, 0.2) is 36.4 Å².